The van der Waals surface area contributed by atoms with Crippen molar-refractivity contribution in [3.05, 3.63) is 40.8 Å². The molecule has 0 radical (unpaired) electrons. The Morgan fingerprint density at radius 3 is 2.72 bits per heavy atom. The molecule has 0 bridgehead atoms. The molecule has 0 saturated carbocycles. The summed E-state index contributed by atoms with van der Waals surface area (Å²) in [5.74, 6) is -2.89. The Morgan fingerprint density at radius 2 is 1.94 bits per heavy atom. The van der Waals surface area contributed by atoms with Crippen molar-refractivity contribution in [2.24, 2.45) is 0 Å². The average Bonchev–Trinajstić information content (AvgIpc) is 2.88. The lowest BCUT2D eigenvalue weighted by molar-refractivity contribution is 0.486. The molecule has 2 aromatic rings. The van der Waals surface area contributed by atoms with Crippen molar-refractivity contribution >= 4 is 5.82 Å². The maximum Gasteiger partial charge on any atom is 0.184 e. The number of halogens is 3. The lowest BCUT2D eigenvalue weighted by atomic mass is 10.2. The number of aromatic nitrogens is 2. The third kappa shape index (κ3) is 1.48. The second-order valence-electron chi connectivity index (χ2n) is 4.30. The van der Waals surface area contributed by atoms with E-state index in [4.69, 9.17) is 5.73 Å². The fourth-order valence-electron chi connectivity index (χ4n) is 2.36. The van der Waals surface area contributed by atoms with Gasteiger partial charge in [-0.2, -0.15) is 5.10 Å². The van der Waals surface area contributed by atoms with Gasteiger partial charge in [-0.3, -0.25) is 0 Å². The Hall–Kier alpha value is -1.98. The number of nitrogens with two attached hydrogens (primary N) is 1. The van der Waals surface area contributed by atoms with E-state index >= 15 is 0 Å². The van der Waals surface area contributed by atoms with Crippen molar-refractivity contribution in [3.8, 4) is 5.69 Å². The van der Waals surface area contributed by atoms with Gasteiger partial charge >= 0.3 is 0 Å². The van der Waals surface area contributed by atoms with Crippen LogP contribution in [0.4, 0.5) is 19.0 Å². The summed E-state index contributed by atoms with van der Waals surface area (Å²) in [7, 11) is 0. The summed E-state index contributed by atoms with van der Waals surface area (Å²) in [6.45, 7) is 0. The van der Waals surface area contributed by atoms with E-state index in [0.717, 1.165) is 30.2 Å². The van der Waals surface area contributed by atoms with E-state index in [9.17, 15) is 13.2 Å². The minimum absolute atomic E-state index is 0.234. The predicted molar refractivity (Wildman–Crippen MR) is 59.9 cm³/mol. The summed E-state index contributed by atoms with van der Waals surface area (Å²) in [6.07, 6.45) is 2.33. The molecule has 0 spiro atoms. The zero-order chi connectivity index (χ0) is 12.9. The van der Waals surface area contributed by atoms with Crippen LogP contribution in [-0.4, -0.2) is 9.78 Å². The van der Waals surface area contributed by atoms with Crippen LogP contribution in [-0.2, 0) is 12.8 Å². The number of fused-ring (bicyclic) bond motifs is 1. The third-order valence-electron chi connectivity index (χ3n) is 3.16. The minimum atomic E-state index is -1.23. The molecule has 0 unspecified atom stereocenters. The zero-order valence-corrected chi connectivity index (χ0v) is 9.38. The zero-order valence-electron chi connectivity index (χ0n) is 9.38. The van der Waals surface area contributed by atoms with Gasteiger partial charge in [-0.15, -0.1) is 0 Å². The maximum atomic E-state index is 13.7. The molecular weight excluding hydrogens is 243 g/mol. The molecule has 2 N–H and O–H groups in total. The highest BCUT2D eigenvalue weighted by Gasteiger charge is 2.24. The van der Waals surface area contributed by atoms with Gasteiger partial charge in [0.15, 0.2) is 11.6 Å². The highest BCUT2D eigenvalue weighted by atomic mass is 19.2. The molecule has 1 aliphatic rings. The summed E-state index contributed by atoms with van der Waals surface area (Å²) >= 11 is 0. The molecule has 3 rings (SSSR count). The number of nitrogens with zero attached hydrogens (tertiary/aromatic N) is 2. The van der Waals surface area contributed by atoms with Gasteiger partial charge in [0.05, 0.1) is 0 Å². The van der Waals surface area contributed by atoms with Crippen LogP contribution in [0.3, 0.4) is 0 Å². The SMILES string of the molecule is Nc1nn(-c2cc(F)cc(F)c2F)c2c1CCC2. The van der Waals surface area contributed by atoms with Gasteiger partial charge in [0.2, 0.25) is 0 Å². The van der Waals surface area contributed by atoms with E-state index in [2.05, 4.69) is 5.10 Å². The van der Waals surface area contributed by atoms with Crippen molar-refractivity contribution in [2.45, 2.75) is 19.3 Å². The Kier molecular flexibility index (Phi) is 2.33. The second-order valence-corrected chi connectivity index (χ2v) is 4.30. The average molecular weight is 253 g/mol. The number of anilines is 1. The van der Waals surface area contributed by atoms with Gasteiger partial charge < -0.3 is 5.73 Å². The number of hydrogen-bond donors (Lipinski definition) is 1. The first-order valence-electron chi connectivity index (χ1n) is 5.59. The Morgan fingerprint density at radius 1 is 1.17 bits per heavy atom. The van der Waals surface area contributed by atoms with Crippen LogP contribution in [0.15, 0.2) is 12.1 Å². The van der Waals surface area contributed by atoms with E-state index in [0.29, 0.717) is 18.3 Å². The van der Waals surface area contributed by atoms with Crippen LogP contribution in [0, 0.1) is 17.5 Å². The normalized spacial score (nSPS) is 13.9. The number of rotatable bonds is 1. The molecule has 0 fully saturated rings. The maximum absolute atomic E-state index is 13.7. The summed E-state index contributed by atoms with van der Waals surface area (Å²) < 4.78 is 41.3. The molecule has 94 valence electrons. The quantitative estimate of drug-likeness (QED) is 0.793. The highest BCUT2D eigenvalue weighted by Crippen LogP contribution is 2.30. The topological polar surface area (TPSA) is 43.8 Å². The first kappa shape index (κ1) is 11.1. The Labute approximate surface area is 101 Å². The van der Waals surface area contributed by atoms with E-state index in [-0.39, 0.29) is 5.69 Å². The van der Waals surface area contributed by atoms with Gasteiger partial charge in [0.25, 0.3) is 0 Å². The van der Waals surface area contributed by atoms with Gasteiger partial charge in [0, 0.05) is 23.4 Å². The van der Waals surface area contributed by atoms with Crippen LogP contribution in [0.2, 0.25) is 0 Å². The van der Waals surface area contributed by atoms with Gasteiger partial charge in [-0.1, -0.05) is 0 Å². The summed E-state index contributed by atoms with van der Waals surface area (Å²) in [5, 5.41) is 3.97. The number of benzene rings is 1. The van der Waals surface area contributed by atoms with Gasteiger partial charge in [0.1, 0.15) is 17.3 Å². The van der Waals surface area contributed by atoms with E-state index in [1.54, 1.807) is 0 Å². The molecule has 1 aromatic heterocycles. The van der Waals surface area contributed by atoms with Crippen LogP contribution >= 0.6 is 0 Å². The molecule has 1 aromatic carbocycles. The van der Waals surface area contributed by atoms with Crippen LogP contribution in [0.25, 0.3) is 5.69 Å². The van der Waals surface area contributed by atoms with E-state index in [1.165, 1.54) is 4.68 Å². The molecule has 0 saturated heterocycles. The van der Waals surface area contributed by atoms with Crippen molar-refractivity contribution in [1.82, 2.24) is 9.78 Å². The number of hydrogen-bond acceptors (Lipinski definition) is 2. The largest absolute Gasteiger partial charge is 0.382 e. The summed E-state index contributed by atoms with van der Waals surface area (Å²) in [6, 6.07) is 1.43. The lowest BCUT2D eigenvalue weighted by Crippen LogP contribution is -2.06. The Bertz CT molecular complexity index is 634. The predicted octanol–water partition coefficient (Wildman–Crippen LogP) is 2.36. The molecule has 0 amide bonds. The summed E-state index contributed by atoms with van der Waals surface area (Å²) in [5.41, 5.74) is 7.06. The summed E-state index contributed by atoms with van der Waals surface area (Å²) in [4.78, 5) is 0. The number of nitrogen functional groups attached to an aromatic ring is 1. The third-order valence-corrected chi connectivity index (χ3v) is 3.16. The van der Waals surface area contributed by atoms with Crippen LogP contribution in [0.5, 0.6) is 0 Å². The van der Waals surface area contributed by atoms with E-state index < -0.39 is 17.5 Å². The van der Waals surface area contributed by atoms with Gasteiger partial charge in [-0.25, -0.2) is 17.9 Å². The molecule has 1 heterocycles. The van der Waals surface area contributed by atoms with Crippen LogP contribution < -0.4 is 5.73 Å². The molecular formula is C12H10F3N3. The molecule has 18 heavy (non-hydrogen) atoms. The highest BCUT2D eigenvalue weighted by molar-refractivity contribution is 5.49. The molecule has 0 aliphatic heterocycles. The lowest BCUT2D eigenvalue weighted by Gasteiger charge is -2.07. The van der Waals surface area contributed by atoms with Crippen molar-refractivity contribution in [3.63, 3.8) is 0 Å². The Balaban J connectivity index is 2.25. The molecule has 6 heteroatoms. The van der Waals surface area contributed by atoms with Gasteiger partial charge in [-0.05, 0) is 19.3 Å². The minimum Gasteiger partial charge on any atom is -0.382 e. The standard InChI is InChI=1S/C12H10F3N3/c13-6-4-8(14)11(15)10(5-6)18-9-3-1-2-7(9)12(16)17-18/h4-5H,1-3H2,(H2,16,17). The first-order valence-corrected chi connectivity index (χ1v) is 5.59. The smallest absolute Gasteiger partial charge is 0.184 e. The second kappa shape index (κ2) is 3.76. The molecule has 3 nitrogen and oxygen atoms in total. The van der Waals surface area contributed by atoms with Crippen molar-refractivity contribution < 1.29 is 13.2 Å². The van der Waals surface area contributed by atoms with E-state index in [1.807, 2.05) is 0 Å². The first-order chi connectivity index (χ1) is 8.58. The molecule has 0 atom stereocenters. The van der Waals surface area contributed by atoms with Crippen LogP contribution in [0.1, 0.15) is 17.7 Å². The fourth-order valence-corrected chi connectivity index (χ4v) is 2.36. The van der Waals surface area contributed by atoms with Crippen molar-refractivity contribution in [2.75, 3.05) is 5.73 Å². The monoisotopic (exact) mass is 253 g/mol. The fraction of sp³-hybridized carbons (Fsp3) is 0.250. The molecule has 1 aliphatic carbocycles. The van der Waals surface area contributed by atoms with Crippen molar-refractivity contribution in [1.29, 1.82) is 0 Å².